The molecule has 2 amide bonds. The van der Waals surface area contributed by atoms with Gasteiger partial charge in [-0.25, -0.2) is 13.2 Å². The van der Waals surface area contributed by atoms with E-state index in [-0.39, 0.29) is 6.04 Å². The third-order valence-corrected chi connectivity index (χ3v) is 8.16. The monoisotopic (exact) mass is 495 g/mol. The lowest BCUT2D eigenvalue weighted by Gasteiger charge is -2.35. The molecule has 1 aliphatic rings. The minimum atomic E-state index is -3.95. The van der Waals surface area contributed by atoms with Crippen molar-refractivity contribution in [3.05, 3.63) is 28.6 Å². The largest absolute Gasteiger partial charge is 0.465 e. The third kappa shape index (κ3) is 5.89. The number of hydrogen-bond acceptors (Lipinski definition) is 7. The van der Waals surface area contributed by atoms with Gasteiger partial charge < -0.3 is 14.2 Å². The summed E-state index contributed by atoms with van der Waals surface area (Å²) >= 11 is 1.18. The molecule has 1 fully saturated rings. The van der Waals surface area contributed by atoms with Crippen LogP contribution < -0.4 is 4.80 Å². The molecule has 33 heavy (non-hydrogen) atoms. The van der Waals surface area contributed by atoms with Gasteiger partial charge in [0.25, 0.3) is 5.91 Å². The average molecular weight is 496 g/mol. The van der Waals surface area contributed by atoms with Crippen LogP contribution >= 0.6 is 11.3 Å². The van der Waals surface area contributed by atoms with Crippen LogP contribution in [0.2, 0.25) is 0 Å². The van der Waals surface area contributed by atoms with Gasteiger partial charge in [0.1, 0.15) is 11.5 Å². The smallest absolute Gasteiger partial charge is 0.337 e. The highest BCUT2D eigenvalue weighted by molar-refractivity contribution is 7.92. The summed E-state index contributed by atoms with van der Waals surface area (Å²) in [5.74, 6) is -3.26. The first-order valence-electron chi connectivity index (χ1n) is 11.0. The molecular formula is C22H29N3O6S2. The number of ether oxygens (including phenoxy) is 1. The van der Waals surface area contributed by atoms with E-state index >= 15 is 0 Å². The molecule has 1 aromatic carbocycles. The normalized spacial score (nSPS) is 17.4. The van der Waals surface area contributed by atoms with Gasteiger partial charge in [-0.3, -0.25) is 9.59 Å². The fraction of sp³-hybridized carbons (Fsp3) is 0.545. The first kappa shape index (κ1) is 25.1. The zero-order valence-electron chi connectivity index (χ0n) is 19.1. The van der Waals surface area contributed by atoms with Crippen LogP contribution in [-0.2, 0) is 30.7 Å². The number of aromatic nitrogens is 1. The first-order valence-corrected chi connectivity index (χ1v) is 13.6. The zero-order valence-corrected chi connectivity index (χ0v) is 20.7. The Morgan fingerprint density at radius 1 is 1.18 bits per heavy atom. The van der Waals surface area contributed by atoms with Crippen molar-refractivity contribution in [2.75, 3.05) is 25.2 Å². The molecular weight excluding hydrogens is 466 g/mol. The summed E-state index contributed by atoms with van der Waals surface area (Å²) in [5.41, 5.74) is 1.15. The second-order valence-corrected chi connectivity index (χ2v) is 11.1. The van der Waals surface area contributed by atoms with Crippen molar-refractivity contribution in [1.82, 2.24) is 9.47 Å². The van der Waals surface area contributed by atoms with Crippen LogP contribution in [0.25, 0.3) is 10.2 Å². The second kappa shape index (κ2) is 10.6. The maximum absolute atomic E-state index is 12.6. The molecule has 9 nitrogen and oxygen atoms in total. The number of thiazole rings is 1. The predicted octanol–water partition coefficient (Wildman–Crippen LogP) is 2.14. The Labute approximate surface area is 197 Å². The van der Waals surface area contributed by atoms with Gasteiger partial charge in [0, 0.05) is 19.1 Å². The zero-order chi connectivity index (χ0) is 24.2. The molecule has 0 bridgehead atoms. The van der Waals surface area contributed by atoms with Crippen molar-refractivity contribution in [3.63, 3.8) is 0 Å². The van der Waals surface area contributed by atoms with E-state index in [0.29, 0.717) is 23.5 Å². The van der Waals surface area contributed by atoms with Gasteiger partial charge in [0.2, 0.25) is 5.91 Å². The molecule has 1 atom stereocenters. The summed E-state index contributed by atoms with van der Waals surface area (Å²) in [6.45, 7) is 4.91. The summed E-state index contributed by atoms with van der Waals surface area (Å²) in [6, 6.07) is 5.07. The highest BCUT2D eigenvalue weighted by Gasteiger charge is 2.29. The van der Waals surface area contributed by atoms with Gasteiger partial charge in [-0.05, 0) is 50.8 Å². The molecule has 3 rings (SSSR count). The summed E-state index contributed by atoms with van der Waals surface area (Å²) in [4.78, 5) is 42.9. The molecule has 1 saturated heterocycles. The van der Waals surface area contributed by atoms with Gasteiger partial charge in [-0.15, -0.1) is 0 Å². The van der Waals surface area contributed by atoms with Crippen LogP contribution in [0.15, 0.2) is 23.2 Å². The Bertz CT molecular complexity index is 1230. The maximum Gasteiger partial charge on any atom is 0.337 e. The maximum atomic E-state index is 12.6. The van der Waals surface area contributed by atoms with Crippen molar-refractivity contribution in [2.45, 2.75) is 52.1 Å². The van der Waals surface area contributed by atoms with Gasteiger partial charge >= 0.3 is 5.97 Å². The Kier molecular flexibility index (Phi) is 8.06. The number of hydrogen-bond donors (Lipinski definition) is 0. The number of benzene rings is 1. The number of esters is 1. The first-order chi connectivity index (χ1) is 15.7. The lowest BCUT2D eigenvalue weighted by molar-refractivity contribution is -0.132. The van der Waals surface area contributed by atoms with Crippen LogP contribution in [0, 0.1) is 0 Å². The molecule has 1 unspecified atom stereocenters. The lowest BCUT2D eigenvalue weighted by Crippen LogP contribution is -2.46. The van der Waals surface area contributed by atoms with E-state index in [1.165, 1.54) is 18.4 Å². The molecule has 0 N–H and O–H groups in total. The molecule has 2 heterocycles. The highest BCUT2D eigenvalue weighted by atomic mass is 32.2. The van der Waals surface area contributed by atoms with Crippen LogP contribution in [0.4, 0.5) is 0 Å². The van der Waals surface area contributed by atoms with E-state index in [4.69, 9.17) is 4.74 Å². The molecule has 180 valence electrons. The number of fused-ring (bicyclic) bond motifs is 1. The topological polar surface area (TPSA) is 115 Å². The van der Waals surface area contributed by atoms with E-state index in [2.05, 4.69) is 4.99 Å². The van der Waals surface area contributed by atoms with E-state index in [9.17, 15) is 22.8 Å². The molecule has 1 aromatic heterocycles. The van der Waals surface area contributed by atoms with Crippen molar-refractivity contribution in [1.29, 1.82) is 0 Å². The Morgan fingerprint density at radius 2 is 1.94 bits per heavy atom. The summed E-state index contributed by atoms with van der Waals surface area (Å²) in [5, 5.41) is 0. The van der Waals surface area contributed by atoms with E-state index < -0.39 is 39.1 Å². The number of rotatable bonds is 7. The van der Waals surface area contributed by atoms with Crippen molar-refractivity contribution in [3.8, 4) is 0 Å². The Morgan fingerprint density at radius 3 is 2.61 bits per heavy atom. The van der Waals surface area contributed by atoms with E-state index in [1.807, 2.05) is 13.8 Å². The second-order valence-electron chi connectivity index (χ2n) is 7.99. The molecule has 0 spiro atoms. The number of likely N-dealkylation sites (tertiary alicyclic amines) is 1. The number of piperidine rings is 1. The number of nitrogens with zero attached hydrogens (tertiary/aromatic N) is 3. The number of carbonyl (C=O) groups excluding carboxylic acids is 3. The van der Waals surface area contributed by atoms with Crippen LogP contribution in [-0.4, -0.2) is 66.9 Å². The fourth-order valence-corrected chi connectivity index (χ4v) is 6.35. The highest BCUT2D eigenvalue weighted by Crippen LogP contribution is 2.21. The SMILES string of the molecule is CCC1CCCCN1C(=O)CS(=O)(=O)CC(=O)N=c1sc2cc(C(=O)OC)ccc2n1CC. The van der Waals surface area contributed by atoms with Gasteiger partial charge in [0.05, 0.1) is 22.9 Å². The van der Waals surface area contributed by atoms with E-state index in [1.54, 1.807) is 27.7 Å². The number of sulfone groups is 1. The van der Waals surface area contributed by atoms with Crippen LogP contribution in [0.3, 0.4) is 0 Å². The number of methoxy groups -OCH3 is 1. The Balaban J connectivity index is 1.80. The summed E-state index contributed by atoms with van der Waals surface area (Å²) < 4.78 is 32.4. The molecule has 0 aliphatic carbocycles. The predicted molar refractivity (Wildman–Crippen MR) is 126 cm³/mol. The fourth-order valence-electron chi connectivity index (χ4n) is 4.11. The number of carbonyl (C=O) groups is 3. The van der Waals surface area contributed by atoms with Crippen LogP contribution in [0.5, 0.6) is 0 Å². The molecule has 1 aliphatic heterocycles. The average Bonchev–Trinajstić information content (AvgIpc) is 3.13. The quantitative estimate of drug-likeness (QED) is 0.544. The minimum absolute atomic E-state index is 0.0544. The van der Waals surface area contributed by atoms with Crippen molar-refractivity contribution >= 4 is 49.2 Å². The number of amides is 2. The Hall–Kier alpha value is -2.53. The van der Waals surface area contributed by atoms with Gasteiger partial charge in [-0.2, -0.15) is 4.99 Å². The molecule has 2 aromatic rings. The third-order valence-electron chi connectivity index (χ3n) is 5.75. The molecule has 11 heteroatoms. The molecule has 0 saturated carbocycles. The van der Waals surface area contributed by atoms with Crippen molar-refractivity contribution < 1.29 is 27.5 Å². The van der Waals surface area contributed by atoms with Crippen molar-refractivity contribution in [2.24, 2.45) is 4.99 Å². The van der Waals surface area contributed by atoms with Gasteiger partial charge in [-0.1, -0.05) is 18.3 Å². The van der Waals surface area contributed by atoms with Crippen LogP contribution in [0.1, 0.15) is 49.9 Å². The number of aryl methyl sites for hydroxylation is 1. The lowest BCUT2D eigenvalue weighted by atomic mass is 10.0. The van der Waals surface area contributed by atoms with Gasteiger partial charge in [0.15, 0.2) is 14.6 Å². The molecule has 0 radical (unpaired) electrons. The minimum Gasteiger partial charge on any atom is -0.465 e. The summed E-state index contributed by atoms with van der Waals surface area (Å²) in [7, 11) is -2.66. The standard InChI is InChI=1S/C22H29N3O6S2/c1-4-16-8-6-7-11-25(16)20(27)14-33(29,30)13-19(26)23-22-24(5-2)17-10-9-15(21(28)31-3)12-18(17)32-22/h9-10,12,16H,4-8,11,13-14H2,1-3H3. The summed E-state index contributed by atoms with van der Waals surface area (Å²) in [6.07, 6.45) is 3.54. The van der Waals surface area contributed by atoms with E-state index in [0.717, 1.165) is 35.9 Å².